The van der Waals surface area contributed by atoms with E-state index >= 15 is 0 Å². The van der Waals surface area contributed by atoms with Gasteiger partial charge in [0.25, 0.3) is 0 Å². The third-order valence-electron chi connectivity index (χ3n) is 3.72. The highest BCUT2D eigenvalue weighted by Crippen LogP contribution is 2.33. The summed E-state index contributed by atoms with van der Waals surface area (Å²) in [7, 11) is -3.82. The number of rotatable bonds is 6. The molecule has 0 radical (unpaired) electrons. The number of carboxylic acid groups (broad SMARTS) is 1. The fourth-order valence-corrected chi connectivity index (χ4v) is 6.02. The van der Waals surface area contributed by atoms with Gasteiger partial charge in [0.1, 0.15) is 9.77 Å². The second kappa shape index (κ2) is 6.29. The number of carboxylic acids is 1. The van der Waals surface area contributed by atoms with Crippen LogP contribution in [0.3, 0.4) is 0 Å². The molecule has 1 aliphatic carbocycles. The summed E-state index contributed by atoms with van der Waals surface area (Å²) in [6.07, 6.45) is 5.19. The number of thiophene rings is 1. The number of nitrogens with zero attached hydrogens (tertiary/aromatic N) is 1. The molecule has 0 aromatic carbocycles. The van der Waals surface area contributed by atoms with E-state index in [4.69, 9.17) is 0 Å². The maximum atomic E-state index is 12.9. The van der Waals surface area contributed by atoms with Crippen molar-refractivity contribution >= 4 is 27.3 Å². The van der Waals surface area contributed by atoms with Crippen LogP contribution in [0.5, 0.6) is 0 Å². The first-order valence-corrected chi connectivity index (χ1v) is 9.15. The molecule has 2 rings (SSSR count). The predicted octanol–water partition coefficient (Wildman–Crippen LogP) is 2.87. The van der Waals surface area contributed by atoms with Crippen LogP contribution in [0.1, 0.15) is 40.9 Å². The molecule has 0 unspecified atom stereocenters. The molecule has 1 saturated carbocycles. The molecule has 1 aliphatic rings. The fraction of sp³-hybridized carbons (Fsp3) is 0.500. The summed E-state index contributed by atoms with van der Waals surface area (Å²) < 4.78 is 27.3. The largest absolute Gasteiger partial charge is 0.477 e. The van der Waals surface area contributed by atoms with Gasteiger partial charge in [-0.15, -0.1) is 17.9 Å². The Bertz CT molecular complexity index is 642. The van der Waals surface area contributed by atoms with Gasteiger partial charge in [0.05, 0.1) is 0 Å². The minimum atomic E-state index is -3.82. The average Bonchev–Trinajstić information content (AvgIpc) is 3.04. The maximum absolute atomic E-state index is 12.9. The Kier molecular flexibility index (Phi) is 4.85. The van der Waals surface area contributed by atoms with Gasteiger partial charge in [-0.05, 0) is 30.7 Å². The maximum Gasteiger partial charge on any atom is 0.347 e. The summed E-state index contributed by atoms with van der Waals surface area (Å²) in [6, 6.07) is -0.0612. The van der Waals surface area contributed by atoms with Crippen molar-refractivity contribution in [2.45, 2.75) is 43.5 Å². The Balaban J connectivity index is 2.50. The van der Waals surface area contributed by atoms with Gasteiger partial charge in [0, 0.05) is 12.6 Å². The second-order valence-corrected chi connectivity index (χ2v) is 7.89. The Morgan fingerprint density at radius 1 is 1.52 bits per heavy atom. The van der Waals surface area contributed by atoms with E-state index in [1.807, 2.05) is 0 Å². The topological polar surface area (TPSA) is 74.7 Å². The fourth-order valence-electron chi connectivity index (χ4n) is 2.78. The number of aromatic carboxylic acids is 1. The van der Waals surface area contributed by atoms with Crippen LogP contribution in [0.15, 0.2) is 22.9 Å². The van der Waals surface area contributed by atoms with Crippen LogP contribution in [0.25, 0.3) is 0 Å². The first-order chi connectivity index (χ1) is 9.89. The molecular weight excluding hydrogens is 310 g/mol. The molecule has 1 aromatic heterocycles. The average molecular weight is 329 g/mol. The van der Waals surface area contributed by atoms with E-state index in [2.05, 4.69) is 6.58 Å². The van der Waals surface area contributed by atoms with Crippen LogP contribution >= 0.6 is 11.3 Å². The molecule has 1 aromatic rings. The summed E-state index contributed by atoms with van der Waals surface area (Å²) in [6.45, 7) is 5.47. The van der Waals surface area contributed by atoms with Crippen molar-refractivity contribution in [3.8, 4) is 0 Å². The highest BCUT2D eigenvalue weighted by Gasteiger charge is 2.36. The summed E-state index contributed by atoms with van der Waals surface area (Å²) in [5, 5.41) is 10.8. The van der Waals surface area contributed by atoms with Crippen molar-refractivity contribution < 1.29 is 18.3 Å². The molecule has 21 heavy (non-hydrogen) atoms. The van der Waals surface area contributed by atoms with Crippen molar-refractivity contribution in [3.05, 3.63) is 28.5 Å². The van der Waals surface area contributed by atoms with E-state index in [1.54, 1.807) is 18.4 Å². The molecule has 7 heteroatoms. The van der Waals surface area contributed by atoms with E-state index in [1.165, 1.54) is 4.31 Å². The van der Waals surface area contributed by atoms with E-state index in [-0.39, 0.29) is 22.4 Å². The summed E-state index contributed by atoms with van der Waals surface area (Å²) in [4.78, 5) is 11.1. The highest BCUT2D eigenvalue weighted by molar-refractivity contribution is 7.89. The predicted molar refractivity (Wildman–Crippen MR) is 82.4 cm³/mol. The minimum absolute atomic E-state index is 0.0612. The molecule has 0 amide bonds. The van der Waals surface area contributed by atoms with Gasteiger partial charge in [-0.25, -0.2) is 13.2 Å². The highest BCUT2D eigenvalue weighted by atomic mass is 32.2. The molecule has 0 aliphatic heterocycles. The second-order valence-electron chi connectivity index (χ2n) is 5.18. The van der Waals surface area contributed by atoms with Crippen LogP contribution in [-0.4, -0.2) is 36.4 Å². The molecule has 1 fully saturated rings. The number of aryl methyl sites for hydroxylation is 1. The van der Waals surface area contributed by atoms with E-state index in [9.17, 15) is 18.3 Å². The van der Waals surface area contributed by atoms with Crippen molar-refractivity contribution in [2.24, 2.45) is 0 Å². The minimum Gasteiger partial charge on any atom is -0.477 e. The Labute approximate surface area is 129 Å². The van der Waals surface area contributed by atoms with Crippen LogP contribution in [0.2, 0.25) is 0 Å². The molecule has 116 valence electrons. The Morgan fingerprint density at radius 2 is 2.14 bits per heavy atom. The van der Waals surface area contributed by atoms with Crippen LogP contribution < -0.4 is 0 Å². The molecule has 5 nitrogen and oxygen atoms in total. The van der Waals surface area contributed by atoms with Gasteiger partial charge in [0.2, 0.25) is 10.0 Å². The summed E-state index contributed by atoms with van der Waals surface area (Å²) in [5.41, 5.74) is 0.490. The van der Waals surface area contributed by atoms with Crippen molar-refractivity contribution in [1.82, 2.24) is 4.31 Å². The molecule has 1 N–H and O–H groups in total. The monoisotopic (exact) mass is 329 g/mol. The number of sulfonamides is 1. The number of hydrogen-bond donors (Lipinski definition) is 1. The number of carbonyl (C=O) groups is 1. The van der Waals surface area contributed by atoms with E-state index in [0.29, 0.717) is 5.56 Å². The standard InChI is InChI=1S/C14H19NO4S2/c1-3-8-15(11-6-4-5-7-11)21(18,19)13-10(2)9-20-12(13)14(16)17/h3,9,11H,1,4-8H2,2H3,(H,16,17). The lowest BCUT2D eigenvalue weighted by atomic mass is 10.2. The third-order valence-corrected chi connectivity index (χ3v) is 7.04. The third kappa shape index (κ3) is 3.04. The normalized spacial score (nSPS) is 16.5. The Hall–Kier alpha value is -1.18. The number of hydrogen-bond acceptors (Lipinski definition) is 4. The van der Waals surface area contributed by atoms with Gasteiger partial charge in [-0.1, -0.05) is 18.9 Å². The van der Waals surface area contributed by atoms with Gasteiger partial charge in [-0.3, -0.25) is 0 Å². The quantitative estimate of drug-likeness (QED) is 0.814. The van der Waals surface area contributed by atoms with Gasteiger partial charge in [0.15, 0.2) is 0 Å². The molecule has 1 heterocycles. The zero-order valence-corrected chi connectivity index (χ0v) is 13.5. The zero-order valence-electron chi connectivity index (χ0n) is 11.9. The van der Waals surface area contributed by atoms with Crippen LogP contribution in [0, 0.1) is 6.92 Å². The van der Waals surface area contributed by atoms with Gasteiger partial charge < -0.3 is 5.11 Å². The first-order valence-electron chi connectivity index (χ1n) is 6.83. The van der Waals surface area contributed by atoms with Crippen LogP contribution in [-0.2, 0) is 10.0 Å². The smallest absolute Gasteiger partial charge is 0.347 e. The zero-order chi connectivity index (χ0) is 15.6. The SMILES string of the molecule is C=CCN(C1CCCC1)S(=O)(=O)c1c(C)csc1C(=O)O. The Morgan fingerprint density at radius 3 is 2.67 bits per heavy atom. The van der Waals surface area contributed by atoms with Crippen molar-refractivity contribution in [3.63, 3.8) is 0 Å². The van der Waals surface area contributed by atoms with Crippen molar-refractivity contribution in [2.75, 3.05) is 6.54 Å². The molecular formula is C14H19NO4S2. The van der Waals surface area contributed by atoms with Gasteiger partial charge in [-0.2, -0.15) is 4.31 Å². The van der Waals surface area contributed by atoms with Crippen LogP contribution in [0.4, 0.5) is 0 Å². The summed E-state index contributed by atoms with van der Waals surface area (Å²) in [5.74, 6) is -1.20. The molecule has 0 spiro atoms. The van der Waals surface area contributed by atoms with Crippen molar-refractivity contribution in [1.29, 1.82) is 0 Å². The lowest BCUT2D eigenvalue weighted by molar-refractivity contribution is 0.0698. The molecule has 0 saturated heterocycles. The molecule has 0 atom stereocenters. The lowest BCUT2D eigenvalue weighted by Gasteiger charge is -2.27. The van der Waals surface area contributed by atoms with E-state index < -0.39 is 16.0 Å². The summed E-state index contributed by atoms with van der Waals surface area (Å²) >= 11 is 0.958. The lowest BCUT2D eigenvalue weighted by Crippen LogP contribution is -2.39. The van der Waals surface area contributed by atoms with Gasteiger partial charge >= 0.3 is 5.97 Å². The van der Waals surface area contributed by atoms with E-state index in [0.717, 1.165) is 37.0 Å². The first kappa shape index (κ1) is 16.2. The molecule has 0 bridgehead atoms.